The van der Waals surface area contributed by atoms with E-state index in [4.69, 9.17) is 17.2 Å². The van der Waals surface area contributed by atoms with Crippen molar-refractivity contribution in [3.63, 3.8) is 0 Å². The highest BCUT2D eigenvalue weighted by Gasteiger charge is 2.44. The summed E-state index contributed by atoms with van der Waals surface area (Å²) < 4.78 is 2.42. The summed E-state index contributed by atoms with van der Waals surface area (Å²) in [7, 11) is 0. The Balaban J connectivity index is 1.56. The summed E-state index contributed by atoms with van der Waals surface area (Å²) in [5.41, 5.74) is 6.24. The highest BCUT2D eigenvalue weighted by Crippen LogP contribution is 2.44. The lowest BCUT2D eigenvalue weighted by molar-refractivity contribution is 0.196. The van der Waals surface area contributed by atoms with E-state index < -0.39 is 0 Å². The molecule has 1 aliphatic heterocycles. The van der Waals surface area contributed by atoms with Crippen molar-refractivity contribution in [3.8, 4) is 0 Å². The number of thiocarbonyl (C=S) groups is 1. The Morgan fingerprint density at radius 3 is 2.53 bits per heavy atom. The minimum atomic E-state index is 0.0560. The maximum Gasteiger partial charge on any atom is 0.170 e. The van der Waals surface area contributed by atoms with Crippen molar-refractivity contribution in [1.82, 2.24) is 24.8 Å². The lowest BCUT2D eigenvalue weighted by Gasteiger charge is -2.37. The fourth-order valence-corrected chi connectivity index (χ4v) is 5.88. The summed E-state index contributed by atoms with van der Waals surface area (Å²) in [5.74, 6) is 0. The number of hydrogen-bond acceptors (Lipinski definition) is 3. The zero-order valence-corrected chi connectivity index (χ0v) is 19.7. The summed E-state index contributed by atoms with van der Waals surface area (Å²) in [6, 6.07) is 13.4. The van der Waals surface area contributed by atoms with Crippen molar-refractivity contribution in [2.24, 2.45) is 0 Å². The molecule has 2 fully saturated rings. The molecule has 3 aromatic heterocycles. The Morgan fingerprint density at radius 1 is 1.03 bits per heavy atom. The number of pyridine rings is 2. The standard InChI is InChI=1S/C26H31N5S/c1-18-16-22(19(2)30(18)17-20-11-14-27-15-12-20)25-24(23-10-6-7-13-28-23)29-26(32)31(25)21-8-4-3-5-9-21/h6-7,10-16,21,24-25H,3-5,8-9,17H2,1-2H3,(H,29,32)/t24-,25+/m1/s1. The Kier molecular flexibility index (Phi) is 5.96. The van der Waals surface area contributed by atoms with Crippen molar-refractivity contribution < 1.29 is 0 Å². The third-order valence-electron chi connectivity index (χ3n) is 7.12. The largest absolute Gasteiger partial charge is 0.352 e. The molecule has 0 spiro atoms. The highest BCUT2D eigenvalue weighted by molar-refractivity contribution is 7.80. The smallest absolute Gasteiger partial charge is 0.170 e. The predicted molar refractivity (Wildman–Crippen MR) is 131 cm³/mol. The molecule has 1 saturated carbocycles. The summed E-state index contributed by atoms with van der Waals surface area (Å²) >= 11 is 5.94. The first-order valence-corrected chi connectivity index (χ1v) is 12.1. The van der Waals surface area contributed by atoms with E-state index in [1.54, 1.807) is 0 Å². The molecule has 2 atom stereocenters. The van der Waals surface area contributed by atoms with Crippen LogP contribution in [-0.4, -0.2) is 30.6 Å². The van der Waals surface area contributed by atoms with E-state index in [-0.39, 0.29) is 12.1 Å². The molecular weight excluding hydrogens is 414 g/mol. The number of nitrogens with one attached hydrogen (secondary N) is 1. The van der Waals surface area contributed by atoms with Crippen molar-refractivity contribution >= 4 is 17.3 Å². The van der Waals surface area contributed by atoms with Crippen molar-refractivity contribution in [2.45, 2.75) is 70.6 Å². The molecule has 5 nitrogen and oxygen atoms in total. The topological polar surface area (TPSA) is 46.0 Å². The van der Waals surface area contributed by atoms with Gasteiger partial charge in [0.1, 0.15) is 0 Å². The van der Waals surface area contributed by atoms with Gasteiger partial charge >= 0.3 is 0 Å². The van der Waals surface area contributed by atoms with Crippen LogP contribution in [-0.2, 0) is 6.54 Å². The van der Waals surface area contributed by atoms with Gasteiger partial charge in [-0.3, -0.25) is 9.97 Å². The summed E-state index contributed by atoms with van der Waals surface area (Å²) in [4.78, 5) is 11.4. The van der Waals surface area contributed by atoms with Crippen LogP contribution in [0.15, 0.2) is 55.0 Å². The van der Waals surface area contributed by atoms with E-state index in [0.717, 1.165) is 17.4 Å². The minimum absolute atomic E-state index is 0.0560. The number of aryl methyl sites for hydroxylation is 1. The van der Waals surface area contributed by atoms with Gasteiger partial charge < -0.3 is 14.8 Å². The zero-order valence-electron chi connectivity index (χ0n) is 18.9. The summed E-state index contributed by atoms with van der Waals surface area (Å²) in [6.07, 6.45) is 11.9. The van der Waals surface area contributed by atoms with Gasteiger partial charge in [-0.1, -0.05) is 25.3 Å². The summed E-state index contributed by atoms with van der Waals surface area (Å²) in [5, 5.41) is 4.52. The molecule has 1 aliphatic carbocycles. The molecule has 3 aromatic rings. The second-order valence-corrected chi connectivity index (χ2v) is 9.48. The van der Waals surface area contributed by atoms with Crippen molar-refractivity contribution in [3.05, 3.63) is 83.2 Å². The van der Waals surface area contributed by atoms with E-state index >= 15 is 0 Å². The Hall–Kier alpha value is -2.73. The van der Waals surface area contributed by atoms with Gasteiger partial charge in [0.05, 0.1) is 17.8 Å². The van der Waals surface area contributed by atoms with Crippen LogP contribution < -0.4 is 5.32 Å². The van der Waals surface area contributed by atoms with Gasteiger partial charge in [0.2, 0.25) is 0 Å². The van der Waals surface area contributed by atoms with Crippen LogP contribution >= 0.6 is 12.2 Å². The van der Waals surface area contributed by atoms with Gasteiger partial charge in [0, 0.05) is 42.6 Å². The van der Waals surface area contributed by atoms with Crippen LogP contribution in [0.2, 0.25) is 0 Å². The molecular formula is C26H31N5S. The van der Waals surface area contributed by atoms with Crippen molar-refractivity contribution in [2.75, 3.05) is 0 Å². The van der Waals surface area contributed by atoms with Crippen LogP contribution in [0.1, 0.15) is 72.4 Å². The van der Waals surface area contributed by atoms with Crippen LogP contribution in [0, 0.1) is 13.8 Å². The van der Waals surface area contributed by atoms with Gasteiger partial charge in [-0.15, -0.1) is 0 Å². The van der Waals surface area contributed by atoms with E-state index in [1.165, 1.54) is 54.6 Å². The average Bonchev–Trinajstić information content (AvgIpc) is 3.32. The molecule has 4 heterocycles. The van der Waals surface area contributed by atoms with E-state index in [2.05, 4.69) is 63.9 Å². The monoisotopic (exact) mass is 445 g/mol. The third-order valence-corrected chi connectivity index (χ3v) is 7.45. The van der Waals surface area contributed by atoms with Crippen LogP contribution in [0.4, 0.5) is 0 Å². The quantitative estimate of drug-likeness (QED) is 0.544. The molecule has 32 heavy (non-hydrogen) atoms. The molecule has 0 aromatic carbocycles. The number of nitrogens with zero attached hydrogens (tertiary/aromatic N) is 4. The maximum absolute atomic E-state index is 5.94. The molecule has 6 heteroatoms. The Morgan fingerprint density at radius 2 is 1.81 bits per heavy atom. The van der Waals surface area contributed by atoms with Gasteiger partial charge in [-0.25, -0.2) is 0 Å². The molecule has 0 amide bonds. The molecule has 5 rings (SSSR count). The van der Waals surface area contributed by atoms with Gasteiger partial charge in [-0.05, 0) is 80.4 Å². The second kappa shape index (κ2) is 9.02. The average molecular weight is 446 g/mol. The van der Waals surface area contributed by atoms with Crippen LogP contribution in [0.3, 0.4) is 0 Å². The van der Waals surface area contributed by atoms with Gasteiger partial charge in [0.15, 0.2) is 5.11 Å². The molecule has 1 saturated heterocycles. The lowest BCUT2D eigenvalue weighted by atomic mass is 9.90. The predicted octanol–water partition coefficient (Wildman–Crippen LogP) is 5.25. The number of aromatic nitrogens is 3. The van der Waals surface area contributed by atoms with Crippen LogP contribution in [0.25, 0.3) is 0 Å². The van der Waals surface area contributed by atoms with E-state index in [9.17, 15) is 0 Å². The molecule has 0 bridgehead atoms. The normalized spacial score (nSPS) is 21.7. The first-order chi connectivity index (χ1) is 15.6. The lowest BCUT2D eigenvalue weighted by Crippen LogP contribution is -2.40. The fraction of sp³-hybridized carbons (Fsp3) is 0.423. The molecule has 166 valence electrons. The number of hydrogen-bond donors (Lipinski definition) is 1. The third kappa shape index (κ3) is 3.92. The number of rotatable bonds is 5. The highest BCUT2D eigenvalue weighted by atomic mass is 32.1. The first kappa shape index (κ1) is 21.1. The molecule has 2 aliphatic rings. The van der Waals surface area contributed by atoms with Gasteiger partial charge in [-0.2, -0.15) is 0 Å². The van der Waals surface area contributed by atoms with E-state index in [0.29, 0.717) is 6.04 Å². The second-order valence-electron chi connectivity index (χ2n) is 9.09. The van der Waals surface area contributed by atoms with E-state index in [1.807, 2.05) is 24.7 Å². The first-order valence-electron chi connectivity index (χ1n) is 11.7. The molecule has 0 unspecified atom stereocenters. The Labute approximate surface area is 195 Å². The zero-order chi connectivity index (χ0) is 22.1. The molecule has 1 N–H and O–H groups in total. The van der Waals surface area contributed by atoms with Crippen molar-refractivity contribution in [1.29, 1.82) is 0 Å². The Bertz CT molecular complexity index is 1070. The van der Waals surface area contributed by atoms with Gasteiger partial charge in [0.25, 0.3) is 0 Å². The maximum atomic E-state index is 5.94. The molecule has 0 radical (unpaired) electrons. The fourth-order valence-electron chi connectivity index (χ4n) is 5.49. The minimum Gasteiger partial charge on any atom is -0.352 e. The summed E-state index contributed by atoms with van der Waals surface area (Å²) in [6.45, 7) is 5.31. The SMILES string of the molecule is Cc1cc([C@H]2[C@@H](c3ccccn3)NC(=S)N2C2CCCCC2)c(C)n1Cc1ccncc1. The van der Waals surface area contributed by atoms with Crippen LogP contribution in [0.5, 0.6) is 0 Å².